The molecule has 3 aromatic rings. The molecule has 1 saturated heterocycles. The van der Waals surface area contributed by atoms with Gasteiger partial charge in [0, 0.05) is 12.7 Å². The number of imide groups is 1. The first kappa shape index (κ1) is 20.7. The lowest BCUT2D eigenvalue weighted by Crippen LogP contribution is -2.42. The van der Waals surface area contributed by atoms with Crippen molar-refractivity contribution in [3.05, 3.63) is 57.5 Å². The Morgan fingerprint density at radius 1 is 1.19 bits per heavy atom. The Kier molecular flexibility index (Phi) is 5.32. The maximum atomic E-state index is 12.9. The fourth-order valence-electron chi connectivity index (χ4n) is 3.48. The molecule has 9 nitrogen and oxygen atoms in total. The lowest BCUT2D eigenvalue weighted by molar-refractivity contribution is -0.136. The number of nitrogens with one attached hydrogen (secondary N) is 1. The number of benzene rings is 1. The van der Waals surface area contributed by atoms with Gasteiger partial charge in [0.25, 0.3) is 11.5 Å². The number of rotatable bonds is 5. The average molecular weight is 439 g/mol. The number of hydrogen-bond donors (Lipinski definition) is 1. The highest BCUT2D eigenvalue weighted by Gasteiger charge is 2.44. The highest BCUT2D eigenvalue weighted by Crippen LogP contribution is 2.26. The minimum Gasteiger partial charge on any atom is -0.337 e. The number of aryl methyl sites for hydroxylation is 1. The predicted octanol–water partition coefficient (Wildman–Crippen LogP) is 2.11. The van der Waals surface area contributed by atoms with Crippen LogP contribution in [0.4, 0.5) is 10.5 Å². The predicted molar refractivity (Wildman–Crippen MR) is 117 cm³/mol. The van der Waals surface area contributed by atoms with E-state index in [0.717, 1.165) is 10.5 Å². The fraction of sp³-hybridized carbons (Fsp3) is 0.286. The number of fused-ring (bicyclic) bond motifs is 1. The van der Waals surface area contributed by atoms with E-state index in [2.05, 4.69) is 9.97 Å². The highest BCUT2D eigenvalue weighted by atomic mass is 32.1. The molecule has 31 heavy (non-hydrogen) atoms. The Morgan fingerprint density at radius 3 is 2.61 bits per heavy atom. The van der Waals surface area contributed by atoms with Crippen molar-refractivity contribution >= 4 is 45.1 Å². The summed E-state index contributed by atoms with van der Waals surface area (Å²) in [6.07, 6.45) is 0. The van der Waals surface area contributed by atoms with Gasteiger partial charge in [0.2, 0.25) is 5.91 Å². The Bertz CT molecular complexity index is 1230. The standard InChI is InChI=1S/C21H21N5O4S/c1-12-4-6-14(7-5-12)26-13(2)20(29)25(21(26)30)11-17(27)24(3)10-16-22-15-8-9-31-18(15)19(28)23-16/h4-9,13H,10-11H2,1-3H3,(H,22,23,28)/t13-/m1/s1. The summed E-state index contributed by atoms with van der Waals surface area (Å²) in [5.41, 5.74) is 1.95. The first-order valence-electron chi connectivity index (χ1n) is 9.68. The molecule has 160 valence electrons. The van der Waals surface area contributed by atoms with Gasteiger partial charge in [-0.1, -0.05) is 17.7 Å². The summed E-state index contributed by atoms with van der Waals surface area (Å²) in [4.78, 5) is 61.1. The van der Waals surface area contributed by atoms with E-state index in [0.29, 0.717) is 21.7 Å². The van der Waals surface area contributed by atoms with Gasteiger partial charge < -0.3 is 9.88 Å². The van der Waals surface area contributed by atoms with Crippen molar-refractivity contribution in [2.45, 2.75) is 26.4 Å². The zero-order valence-electron chi connectivity index (χ0n) is 17.3. The van der Waals surface area contributed by atoms with Gasteiger partial charge in [-0.2, -0.15) is 0 Å². The first-order valence-corrected chi connectivity index (χ1v) is 10.6. The summed E-state index contributed by atoms with van der Waals surface area (Å²) in [6.45, 7) is 3.24. The van der Waals surface area contributed by atoms with Crippen LogP contribution >= 0.6 is 11.3 Å². The molecule has 0 aliphatic carbocycles. The molecule has 10 heteroatoms. The zero-order chi connectivity index (χ0) is 22.3. The molecule has 0 spiro atoms. The number of H-pyrrole nitrogens is 1. The van der Waals surface area contributed by atoms with Gasteiger partial charge in [-0.15, -0.1) is 11.3 Å². The van der Waals surface area contributed by atoms with E-state index in [-0.39, 0.29) is 18.6 Å². The van der Waals surface area contributed by atoms with Gasteiger partial charge in [-0.3, -0.25) is 24.2 Å². The number of carbonyl (C=O) groups is 3. The second kappa shape index (κ2) is 7.95. The molecule has 1 N–H and O–H groups in total. The highest BCUT2D eigenvalue weighted by molar-refractivity contribution is 7.17. The Labute approximate surface area is 181 Å². The molecule has 3 heterocycles. The van der Waals surface area contributed by atoms with E-state index in [9.17, 15) is 19.2 Å². The third-order valence-corrected chi connectivity index (χ3v) is 6.13. The van der Waals surface area contributed by atoms with Crippen molar-refractivity contribution in [2.24, 2.45) is 0 Å². The van der Waals surface area contributed by atoms with Crippen LogP contribution in [0, 0.1) is 6.92 Å². The van der Waals surface area contributed by atoms with Crippen LogP contribution < -0.4 is 10.5 Å². The third kappa shape index (κ3) is 3.81. The number of anilines is 1. The second-order valence-electron chi connectivity index (χ2n) is 7.49. The van der Waals surface area contributed by atoms with Gasteiger partial charge in [0.15, 0.2) is 0 Å². The summed E-state index contributed by atoms with van der Waals surface area (Å²) in [7, 11) is 1.53. The summed E-state index contributed by atoms with van der Waals surface area (Å²) in [5, 5.41) is 1.77. The summed E-state index contributed by atoms with van der Waals surface area (Å²) >= 11 is 1.30. The first-order chi connectivity index (χ1) is 14.8. The molecule has 0 saturated carbocycles. The Morgan fingerprint density at radius 2 is 1.90 bits per heavy atom. The van der Waals surface area contributed by atoms with Crippen molar-refractivity contribution in [1.82, 2.24) is 19.8 Å². The molecule has 0 radical (unpaired) electrons. The average Bonchev–Trinajstić information content (AvgIpc) is 3.28. The van der Waals surface area contributed by atoms with Crippen LogP contribution in [0.2, 0.25) is 0 Å². The van der Waals surface area contributed by atoms with Gasteiger partial charge in [0.1, 0.15) is 23.1 Å². The second-order valence-corrected chi connectivity index (χ2v) is 8.40. The van der Waals surface area contributed by atoms with Crippen molar-refractivity contribution in [2.75, 3.05) is 18.5 Å². The van der Waals surface area contributed by atoms with Gasteiger partial charge in [-0.05, 0) is 37.4 Å². The maximum Gasteiger partial charge on any atom is 0.332 e. The van der Waals surface area contributed by atoms with Crippen LogP contribution in [0.1, 0.15) is 18.3 Å². The van der Waals surface area contributed by atoms with Gasteiger partial charge in [0.05, 0.1) is 12.1 Å². The minimum absolute atomic E-state index is 0.0489. The van der Waals surface area contributed by atoms with E-state index in [1.165, 1.54) is 28.2 Å². The van der Waals surface area contributed by atoms with Crippen LogP contribution in [-0.2, 0) is 16.1 Å². The smallest absolute Gasteiger partial charge is 0.332 e. The number of aromatic amines is 1. The monoisotopic (exact) mass is 439 g/mol. The van der Waals surface area contributed by atoms with E-state index >= 15 is 0 Å². The largest absolute Gasteiger partial charge is 0.337 e. The number of amides is 4. The quantitative estimate of drug-likeness (QED) is 0.613. The van der Waals surface area contributed by atoms with Crippen LogP contribution in [0.3, 0.4) is 0 Å². The number of thiophene rings is 1. The third-order valence-electron chi connectivity index (χ3n) is 5.23. The number of aromatic nitrogens is 2. The number of likely N-dealkylation sites (N-methyl/N-ethyl adjacent to an activating group) is 1. The molecule has 1 aromatic carbocycles. The minimum atomic E-state index is -0.702. The molecule has 1 aliphatic heterocycles. The zero-order valence-corrected chi connectivity index (χ0v) is 18.1. The molecular weight excluding hydrogens is 418 g/mol. The van der Waals surface area contributed by atoms with Gasteiger partial charge >= 0.3 is 6.03 Å². The topological polar surface area (TPSA) is 107 Å². The Hall–Kier alpha value is -3.53. The van der Waals surface area contributed by atoms with Crippen LogP contribution in [0.5, 0.6) is 0 Å². The van der Waals surface area contributed by atoms with E-state index in [4.69, 9.17) is 0 Å². The van der Waals surface area contributed by atoms with Crippen LogP contribution in [0.15, 0.2) is 40.5 Å². The molecule has 1 fully saturated rings. The SMILES string of the molecule is Cc1ccc(N2C(=O)N(CC(=O)N(C)Cc3nc4ccsc4c(=O)[nH]3)C(=O)[C@H]2C)cc1. The van der Waals surface area contributed by atoms with Crippen LogP contribution in [-0.4, -0.2) is 57.2 Å². The lowest BCUT2D eigenvalue weighted by atomic mass is 10.2. The number of hydrogen-bond acceptors (Lipinski definition) is 6. The number of carbonyl (C=O) groups excluding carboxylic acids is 3. The molecule has 0 bridgehead atoms. The van der Waals surface area contributed by atoms with Crippen molar-refractivity contribution in [1.29, 1.82) is 0 Å². The van der Waals surface area contributed by atoms with E-state index < -0.39 is 23.9 Å². The molecule has 4 rings (SSSR count). The molecule has 1 atom stereocenters. The summed E-state index contributed by atoms with van der Waals surface area (Å²) in [6, 6.07) is 7.78. The fourth-order valence-corrected chi connectivity index (χ4v) is 4.20. The van der Waals surface area contributed by atoms with Crippen LogP contribution in [0.25, 0.3) is 10.2 Å². The number of nitrogens with zero attached hydrogens (tertiary/aromatic N) is 4. The van der Waals surface area contributed by atoms with Crippen molar-refractivity contribution < 1.29 is 14.4 Å². The molecule has 1 aliphatic rings. The Balaban J connectivity index is 1.47. The molecule has 0 unspecified atom stereocenters. The summed E-state index contributed by atoms with van der Waals surface area (Å²) < 4.78 is 0.524. The molecular formula is C21H21N5O4S. The van der Waals surface area contributed by atoms with Gasteiger partial charge in [-0.25, -0.2) is 9.78 Å². The molecule has 4 amide bonds. The molecule has 2 aromatic heterocycles. The summed E-state index contributed by atoms with van der Waals surface area (Å²) in [5.74, 6) is -0.535. The van der Waals surface area contributed by atoms with Crippen molar-refractivity contribution in [3.8, 4) is 0 Å². The lowest BCUT2D eigenvalue weighted by Gasteiger charge is -2.21. The normalized spacial score (nSPS) is 16.4. The van der Waals surface area contributed by atoms with Crippen molar-refractivity contribution in [3.63, 3.8) is 0 Å². The number of urea groups is 1. The van der Waals surface area contributed by atoms with E-state index in [1.807, 2.05) is 19.1 Å². The maximum absolute atomic E-state index is 12.9. The van der Waals surface area contributed by atoms with E-state index in [1.54, 1.807) is 30.5 Å².